The highest BCUT2D eigenvalue weighted by molar-refractivity contribution is 6.30. The molecule has 4 rings (SSSR count). The van der Waals surface area contributed by atoms with Crippen molar-refractivity contribution in [3.8, 4) is 5.69 Å². The average molecular weight is 377 g/mol. The second-order valence-corrected chi connectivity index (χ2v) is 6.43. The Morgan fingerprint density at radius 3 is 2.33 bits per heavy atom. The van der Waals surface area contributed by atoms with E-state index in [4.69, 9.17) is 11.6 Å². The van der Waals surface area contributed by atoms with Gasteiger partial charge in [0.2, 0.25) is 0 Å². The van der Waals surface area contributed by atoms with Crippen molar-refractivity contribution in [2.75, 3.05) is 0 Å². The average Bonchev–Trinajstić information content (AvgIpc) is 2.69. The van der Waals surface area contributed by atoms with Crippen LogP contribution in [0.15, 0.2) is 77.6 Å². The van der Waals surface area contributed by atoms with Crippen LogP contribution in [0.1, 0.15) is 11.4 Å². The van der Waals surface area contributed by atoms with Crippen LogP contribution in [0.3, 0.4) is 0 Å². The standard InChI is InChI=1S/C22H14ClFN2O/c23-16-8-12-18(13-9-16)26-21(14-7-15-5-10-17(24)11-6-15)25-20-4-2-1-3-19(20)22(26)27/h1-14H. The van der Waals surface area contributed by atoms with Crippen molar-refractivity contribution in [3.63, 3.8) is 0 Å². The maximum Gasteiger partial charge on any atom is 0.266 e. The van der Waals surface area contributed by atoms with Crippen LogP contribution in [0.2, 0.25) is 5.02 Å². The van der Waals surface area contributed by atoms with Crippen molar-refractivity contribution in [1.82, 2.24) is 9.55 Å². The minimum atomic E-state index is -0.297. The molecule has 0 spiro atoms. The fourth-order valence-corrected chi connectivity index (χ4v) is 2.97. The fourth-order valence-electron chi connectivity index (χ4n) is 2.85. The number of hydrogen-bond acceptors (Lipinski definition) is 2. The van der Waals surface area contributed by atoms with Gasteiger partial charge in [-0.2, -0.15) is 0 Å². The zero-order valence-corrected chi connectivity index (χ0v) is 14.9. The molecule has 0 atom stereocenters. The molecule has 1 aromatic heterocycles. The number of para-hydroxylation sites is 1. The molecule has 132 valence electrons. The van der Waals surface area contributed by atoms with Crippen molar-refractivity contribution < 1.29 is 4.39 Å². The van der Waals surface area contributed by atoms with Gasteiger partial charge in [-0.15, -0.1) is 0 Å². The topological polar surface area (TPSA) is 34.9 Å². The smallest absolute Gasteiger partial charge is 0.266 e. The van der Waals surface area contributed by atoms with Gasteiger partial charge in [-0.25, -0.2) is 9.37 Å². The first-order valence-corrected chi connectivity index (χ1v) is 8.71. The first-order valence-electron chi connectivity index (χ1n) is 8.33. The summed E-state index contributed by atoms with van der Waals surface area (Å²) in [5, 5.41) is 1.12. The molecule has 3 nitrogen and oxygen atoms in total. The van der Waals surface area contributed by atoms with Gasteiger partial charge in [0.15, 0.2) is 0 Å². The van der Waals surface area contributed by atoms with Gasteiger partial charge in [-0.3, -0.25) is 9.36 Å². The number of rotatable bonds is 3. The number of fused-ring (bicyclic) bond motifs is 1. The van der Waals surface area contributed by atoms with Crippen molar-refractivity contribution >= 4 is 34.7 Å². The van der Waals surface area contributed by atoms with Crippen molar-refractivity contribution in [1.29, 1.82) is 0 Å². The van der Waals surface area contributed by atoms with Crippen LogP contribution < -0.4 is 5.56 Å². The van der Waals surface area contributed by atoms with Gasteiger partial charge in [0.1, 0.15) is 11.6 Å². The minimum Gasteiger partial charge on any atom is -0.268 e. The Morgan fingerprint density at radius 1 is 0.889 bits per heavy atom. The molecule has 0 amide bonds. The van der Waals surface area contributed by atoms with E-state index in [1.807, 2.05) is 12.1 Å². The Kier molecular flexibility index (Phi) is 4.57. The van der Waals surface area contributed by atoms with E-state index in [9.17, 15) is 9.18 Å². The van der Waals surface area contributed by atoms with Crippen LogP contribution in [-0.4, -0.2) is 9.55 Å². The highest BCUT2D eigenvalue weighted by Crippen LogP contribution is 2.17. The highest BCUT2D eigenvalue weighted by atomic mass is 35.5. The van der Waals surface area contributed by atoms with E-state index in [2.05, 4.69) is 4.98 Å². The molecule has 3 aromatic carbocycles. The maximum atomic E-state index is 13.1. The van der Waals surface area contributed by atoms with Gasteiger partial charge in [0.25, 0.3) is 5.56 Å². The molecule has 0 unspecified atom stereocenters. The van der Waals surface area contributed by atoms with E-state index < -0.39 is 0 Å². The Bertz CT molecular complexity index is 1200. The van der Waals surface area contributed by atoms with Crippen LogP contribution in [-0.2, 0) is 0 Å². The molecule has 0 aliphatic rings. The summed E-state index contributed by atoms with van der Waals surface area (Å²) in [4.78, 5) is 17.7. The van der Waals surface area contributed by atoms with Crippen molar-refractivity contribution in [2.45, 2.75) is 0 Å². The lowest BCUT2D eigenvalue weighted by atomic mass is 10.2. The summed E-state index contributed by atoms with van der Waals surface area (Å²) >= 11 is 5.98. The number of benzene rings is 3. The largest absolute Gasteiger partial charge is 0.268 e. The van der Waals surface area contributed by atoms with Crippen LogP contribution in [0, 0.1) is 5.82 Å². The molecule has 4 aromatic rings. The number of halogens is 2. The summed E-state index contributed by atoms with van der Waals surface area (Å²) < 4.78 is 14.6. The third-order valence-electron chi connectivity index (χ3n) is 4.18. The molecule has 0 saturated heterocycles. The maximum absolute atomic E-state index is 13.1. The minimum absolute atomic E-state index is 0.165. The van der Waals surface area contributed by atoms with Crippen molar-refractivity contribution in [2.24, 2.45) is 0 Å². The SMILES string of the molecule is O=c1c2ccccc2nc(C=Cc2ccc(F)cc2)n1-c1ccc(Cl)cc1. The predicted molar refractivity (Wildman–Crippen MR) is 108 cm³/mol. The molecule has 0 N–H and O–H groups in total. The highest BCUT2D eigenvalue weighted by Gasteiger charge is 2.10. The molecule has 0 radical (unpaired) electrons. The van der Waals surface area contributed by atoms with Crippen LogP contribution in [0.25, 0.3) is 28.7 Å². The van der Waals surface area contributed by atoms with Gasteiger partial charge in [0, 0.05) is 5.02 Å². The molecular formula is C22H14ClFN2O. The summed E-state index contributed by atoms with van der Waals surface area (Å²) in [5.74, 6) is 0.180. The lowest BCUT2D eigenvalue weighted by Gasteiger charge is -2.11. The normalized spacial score (nSPS) is 11.3. The zero-order valence-electron chi connectivity index (χ0n) is 14.1. The second kappa shape index (κ2) is 7.17. The zero-order chi connectivity index (χ0) is 18.8. The van der Waals surface area contributed by atoms with Gasteiger partial charge in [-0.1, -0.05) is 41.9 Å². The van der Waals surface area contributed by atoms with E-state index in [0.29, 0.717) is 27.4 Å². The molecule has 1 heterocycles. The third-order valence-corrected chi connectivity index (χ3v) is 4.43. The first-order chi connectivity index (χ1) is 13.1. The summed E-state index contributed by atoms with van der Waals surface area (Å²) in [7, 11) is 0. The molecule has 0 aliphatic carbocycles. The second-order valence-electron chi connectivity index (χ2n) is 5.99. The first kappa shape index (κ1) is 17.2. The summed E-state index contributed by atoms with van der Waals surface area (Å²) in [6, 6.07) is 20.3. The van der Waals surface area contributed by atoms with E-state index in [0.717, 1.165) is 5.56 Å². The van der Waals surface area contributed by atoms with Gasteiger partial charge in [0.05, 0.1) is 16.6 Å². The molecule has 27 heavy (non-hydrogen) atoms. The molecule has 0 bridgehead atoms. The van der Waals surface area contributed by atoms with E-state index in [1.165, 1.54) is 12.1 Å². The number of nitrogens with zero attached hydrogens (tertiary/aromatic N) is 2. The fraction of sp³-hybridized carbons (Fsp3) is 0. The van der Waals surface area contributed by atoms with Gasteiger partial charge in [-0.05, 0) is 60.2 Å². The van der Waals surface area contributed by atoms with Crippen LogP contribution in [0.4, 0.5) is 4.39 Å². The third kappa shape index (κ3) is 3.52. The molecule has 0 aliphatic heterocycles. The number of aromatic nitrogens is 2. The lowest BCUT2D eigenvalue weighted by molar-refractivity contribution is 0.628. The Balaban J connectivity index is 1.92. The summed E-state index contributed by atoms with van der Waals surface area (Å²) in [6.07, 6.45) is 3.54. The van der Waals surface area contributed by atoms with E-state index in [-0.39, 0.29) is 11.4 Å². The molecule has 0 fully saturated rings. The van der Waals surface area contributed by atoms with Crippen molar-refractivity contribution in [3.05, 3.63) is 105 Å². The molecule has 5 heteroatoms. The van der Waals surface area contributed by atoms with E-state index in [1.54, 1.807) is 65.3 Å². The predicted octanol–water partition coefficient (Wildman–Crippen LogP) is 5.35. The van der Waals surface area contributed by atoms with Crippen LogP contribution in [0.5, 0.6) is 0 Å². The van der Waals surface area contributed by atoms with Gasteiger partial charge < -0.3 is 0 Å². The van der Waals surface area contributed by atoms with Gasteiger partial charge >= 0.3 is 0 Å². The molecular weight excluding hydrogens is 363 g/mol. The Hall–Kier alpha value is -3.24. The summed E-state index contributed by atoms with van der Waals surface area (Å²) in [6.45, 7) is 0. The monoisotopic (exact) mass is 376 g/mol. The van der Waals surface area contributed by atoms with Crippen LogP contribution >= 0.6 is 11.6 Å². The Labute approximate surface area is 160 Å². The Morgan fingerprint density at radius 2 is 1.59 bits per heavy atom. The number of hydrogen-bond donors (Lipinski definition) is 0. The van der Waals surface area contributed by atoms with E-state index >= 15 is 0 Å². The lowest BCUT2D eigenvalue weighted by Crippen LogP contribution is -2.22. The summed E-state index contributed by atoms with van der Waals surface area (Å²) in [5.41, 5.74) is 1.93. The molecule has 0 saturated carbocycles. The quantitative estimate of drug-likeness (QED) is 0.483.